The minimum Gasteiger partial charge on any atom is -0.267 e. The van der Waals surface area contributed by atoms with Gasteiger partial charge in [0, 0.05) is 6.20 Å². The van der Waals surface area contributed by atoms with Gasteiger partial charge in [0.2, 0.25) is 0 Å². The Labute approximate surface area is 80.6 Å². The van der Waals surface area contributed by atoms with Crippen molar-refractivity contribution in [1.29, 1.82) is 5.26 Å². The molecule has 2 rings (SSSR count). The molecule has 0 aliphatic rings. The maximum absolute atomic E-state index is 8.32. The molecule has 0 aliphatic heterocycles. The third-order valence-electron chi connectivity index (χ3n) is 1.71. The van der Waals surface area contributed by atoms with Crippen LogP contribution < -0.4 is 0 Å². The molecule has 0 fully saturated rings. The second-order valence-electron chi connectivity index (χ2n) is 2.61. The lowest BCUT2D eigenvalue weighted by molar-refractivity contribution is 1.08. The van der Waals surface area contributed by atoms with Gasteiger partial charge >= 0.3 is 0 Å². The lowest BCUT2D eigenvalue weighted by Gasteiger charge is -1.84. The van der Waals surface area contributed by atoms with Crippen molar-refractivity contribution in [2.24, 2.45) is 0 Å². The zero-order chi connectivity index (χ0) is 9.80. The third kappa shape index (κ3) is 1.41. The molecule has 2 aromatic heterocycles. The predicted octanol–water partition coefficient (Wildman–Crippen LogP) is 1.22. The van der Waals surface area contributed by atoms with E-state index in [2.05, 4.69) is 27.0 Å². The first-order chi connectivity index (χ1) is 6.92. The Balaban J connectivity index is 2.46. The Morgan fingerprint density at radius 2 is 2.43 bits per heavy atom. The highest BCUT2D eigenvalue weighted by atomic mass is 15.1. The largest absolute Gasteiger partial charge is 0.267 e. The molecule has 2 heterocycles. The standard InChI is InChI=1S/C10H6N4/c11-6-2-1-5-9-8-4-3-7-12-10(8)14-13-9/h3-4,7H,2H2,(H,12,13,14). The molecule has 1 N–H and O–H groups in total. The summed E-state index contributed by atoms with van der Waals surface area (Å²) in [6.45, 7) is 0. The van der Waals surface area contributed by atoms with Gasteiger partial charge in [0.05, 0.1) is 17.9 Å². The number of aromatic amines is 1. The monoisotopic (exact) mass is 182 g/mol. The molecule has 0 bridgehead atoms. The first-order valence-electron chi connectivity index (χ1n) is 4.07. The van der Waals surface area contributed by atoms with E-state index >= 15 is 0 Å². The van der Waals surface area contributed by atoms with Gasteiger partial charge in [-0.15, -0.1) is 0 Å². The van der Waals surface area contributed by atoms with Crippen LogP contribution >= 0.6 is 0 Å². The number of aromatic nitrogens is 3. The summed E-state index contributed by atoms with van der Waals surface area (Å²) >= 11 is 0. The smallest absolute Gasteiger partial charge is 0.182 e. The van der Waals surface area contributed by atoms with E-state index in [1.807, 2.05) is 18.2 Å². The maximum Gasteiger partial charge on any atom is 0.182 e. The molecule has 0 aliphatic carbocycles. The van der Waals surface area contributed by atoms with Crippen LogP contribution in [0.3, 0.4) is 0 Å². The summed E-state index contributed by atoms with van der Waals surface area (Å²) < 4.78 is 0. The summed E-state index contributed by atoms with van der Waals surface area (Å²) in [4.78, 5) is 4.05. The molecular formula is C10H6N4. The van der Waals surface area contributed by atoms with E-state index in [-0.39, 0.29) is 6.42 Å². The first-order valence-corrected chi connectivity index (χ1v) is 4.07. The number of rotatable bonds is 0. The van der Waals surface area contributed by atoms with Gasteiger partial charge in [-0.2, -0.15) is 10.4 Å². The van der Waals surface area contributed by atoms with Crippen LogP contribution in [0.2, 0.25) is 0 Å². The molecule has 0 saturated carbocycles. The fourth-order valence-electron chi connectivity index (χ4n) is 1.12. The van der Waals surface area contributed by atoms with E-state index in [1.165, 1.54) is 0 Å². The van der Waals surface area contributed by atoms with Crippen LogP contribution in [-0.4, -0.2) is 15.2 Å². The average molecular weight is 182 g/mol. The Morgan fingerprint density at radius 3 is 3.29 bits per heavy atom. The van der Waals surface area contributed by atoms with E-state index in [0.717, 1.165) is 5.39 Å². The number of hydrogen-bond donors (Lipinski definition) is 1. The van der Waals surface area contributed by atoms with Gasteiger partial charge in [-0.25, -0.2) is 4.98 Å². The average Bonchev–Trinajstić information content (AvgIpc) is 2.63. The van der Waals surface area contributed by atoms with Crippen molar-refractivity contribution in [1.82, 2.24) is 15.2 Å². The van der Waals surface area contributed by atoms with E-state index in [0.29, 0.717) is 11.3 Å². The number of nitrogens with zero attached hydrogens (tertiary/aromatic N) is 3. The minimum absolute atomic E-state index is 0.223. The molecular weight excluding hydrogens is 176 g/mol. The van der Waals surface area contributed by atoms with Crippen molar-refractivity contribution in [2.75, 3.05) is 0 Å². The maximum atomic E-state index is 8.32. The molecule has 4 heteroatoms. The zero-order valence-electron chi connectivity index (χ0n) is 7.28. The minimum atomic E-state index is 0.223. The fourth-order valence-corrected chi connectivity index (χ4v) is 1.12. The van der Waals surface area contributed by atoms with Crippen LogP contribution in [-0.2, 0) is 0 Å². The lowest BCUT2D eigenvalue weighted by Crippen LogP contribution is -1.74. The molecule has 0 atom stereocenters. The molecule has 66 valence electrons. The summed E-state index contributed by atoms with van der Waals surface area (Å²) in [7, 11) is 0. The topological polar surface area (TPSA) is 65.4 Å². The summed E-state index contributed by atoms with van der Waals surface area (Å²) in [6, 6.07) is 5.67. The number of fused-ring (bicyclic) bond motifs is 1. The Morgan fingerprint density at radius 1 is 1.50 bits per heavy atom. The Kier molecular flexibility index (Phi) is 2.12. The molecule has 2 aromatic rings. The molecule has 0 aromatic carbocycles. The number of hydrogen-bond acceptors (Lipinski definition) is 3. The van der Waals surface area contributed by atoms with Crippen molar-refractivity contribution >= 4 is 11.0 Å². The van der Waals surface area contributed by atoms with Crippen molar-refractivity contribution in [3.05, 3.63) is 24.0 Å². The number of pyridine rings is 1. The van der Waals surface area contributed by atoms with Gasteiger partial charge in [-0.1, -0.05) is 5.92 Å². The quantitative estimate of drug-likeness (QED) is 0.623. The van der Waals surface area contributed by atoms with Crippen LogP contribution in [0, 0.1) is 23.2 Å². The molecule has 0 saturated heterocycles. The summed E-state index contributed by atoms with van der Waals surface area (Å²) in [5.74, 6) is 5.56. The molecule has 0 amide bonds. The highest BCUT2D eigenvalue weighted by Gasteiger charge is 2.01. The van der Waals surface area contributed by atoms with E-state index in [9.17, 15) is 0 Å². The van der Waals surface area contributed by atoms with Crippen LogP contribution in [0.15, 0.2) is 18.3 Å². The van der Waals surface area contributed by atoms with Crippen LogP contribution in [0.4, 0.5) is 0 Å². The number of H-pyrrole nitrogens is 1. The Bertz CT molecular complexity index is 550. The molecule has 0 spiro atoms. The summed E-state index contributed by atoms with van der Waals surface area (Å²) in [6.07, 6.45) is 1.90. The molecule has 0 unspecified atom stereocenters. The Hall–Kier alpha value is -2.33. The highest BCUT2D eigenvalue weighted by molar-refractivity contribution is 5.80. The van der Waals surface area contributed by atoms with Gasteiger partial charge in [-0.3, -0.25) is 5.10 Å². The van der Waals surface area contributed by atoms with E-state index in [1.54, 1.807) is 6.20 Å². The van der Waals surface area contributed by atoms with Gasteiger partial charge in [0.25, 0.3) is 0 Å². The lowest BCUT2D eigenvalue weighted by atomic mass is 10.2. The van der Waals surface area contributed by atoms with E-state index in [4.69, 9.17) is 5.26 Å². The van der Waals surface area contributed by atoms with Gasteiger partial charge in [0.1, 0.15) is 5.69 Å². The highest BCUT2D eigenvalue weighted by Crippen LogP contribution is 2.10. The van der Waals surface area contributed by atoms with Crippen LogP contribution in [0.25, 0.3) is 11.0 Å². The zero-order valence-corrected chi connectivity index (χ0v) is 7.28. The number of nitriles is 1. The third-order valence-corrected chi connectivity index (χ3v) is 1.71. The second-order valence-corrected chi connectivity index (χ2v) is 2.61. The summed E-state index contributed by atoms with van der Waals surface area (Å²) in [5, 5.41) is 16.0. The SMILES string of the molecule is N#CCC#Cc1[nH]nc2ncccc12. The normalized spacial score (nSPS) is 9.07. The molecule has 0 radical (unpaired) electrons. The van der Waals surface area contributed by atoms with Crippen molar-refractivity contribution in [3.8, 4) is 17.9 Å². The van der Waals surface area contributed by atoms with E-state index < -0.39 is 0 Å². The predicted molar refractivity (Wildman–Crippen MR) is 51.0 cm³/mol. The van der Waals surface area contributed by atoms with Gasteiger partial charge in [-0.05, 0) is 18.1 Å². The van der Waals surface area contributed by atoms with Crippen molar-refractivity contribution in [2.45, 2.75) is 6.42 Å². The van der Waals surface area contributed by atoms with Gasteiger partial charge in [0.15, 0.2) is 5.65 Å². The summed E-state index contributed by atoms with van der Waals surface area (Å²) in [5.41, 5.74) is 1.36. The van der Waals surface area contributed by atoms with Crippen LogP contribution in [0.1, 0.15) is 12.1 Å². The fraction of sp³-hybridized carbons (Fsp3) is 0.100. The van der Waals surface area contributed by atoms with Crippen molar-refractivity contribution in [3.63, 3.8) is 0 Å². The van der Waals surface area contributed by atoms with Crippen LogP contribution in [0.5, 0.6) is 0 Å². The number of nitrogens with one attached hydrogen (secondary N) is 1. The second kappa shape index (κ2) is 3.59. The molecule has 14 heavy (non-hydrogen) atoms. The van der Waals surface area contributed by atoms with Gasteiger partial charge < -0.3 is 0 Å². The molecule has 4 nitrogen and oxygen atoms in total. The van der Waals surface area contributed by atoms with Crippen molar-refractivity contribution < 1.29 is 0 Å². The first kappa shape index (κ1) is 8.28.